The lowest BCUT2D eigenvalue weighted by Crippen LogP contribution is -2.58. The Labute approximate surface area is 211 Å². The van der Waals surface area contributed by atoms with Gasteiger partial charge in [-0.25, -0.2) is 0 Å². The number of benzene rings is 3. The molecule has 2 atom stereocenters. The number of aryl methyl sites for hydroxylation is 2. The molecule has 2 amide bonds. The maximum atomic E-state index is 14.6. The molecule has 1 fully saturated rings. The van der Waals surface area contributed by atoms with Crippen molar-refractivity contribution in [2.45, 2.75) is 56.9 Å². The third kappa shape index (κ3) is 2.88. The third-order valence-electron chi connectivity index (χ3n) is 7.95. The molecule has 3 aliphatic heterocycles. The number of hydrogen-bond acceptors (Lipinski definition) is 3. The normalized spacial score (nSPS) is 26.5. The number of carbonyl (C=O) groups excluding carboxylic acids is 2. The molecule has 0 N–H and O–H groups in total. The third-order valence-corrected chi connectivity index (χ3v) is 9.33. The van der Waals surface area contributed by atoms with Gasteiger partial charge in [0.15, 0.2) is 0 Å². The van der Waals surface area contributed by atoms with Crippen molar-refractivity contribution in [2.75, 3.05) is 15.6 Å². The van der Waals surface area contributed by atoms with Gasteiger partial charge in [0.2, 0.25) is 10.8 Å². The quantitative estimate of drug-likeness (QED) is 0.445. The Hall–Kier alpha value is -3.05. The van der Waals surface area contributed by atoms with Gasteiger partial charge in [-0.1, -0.05) is 61.5 Å². The summed E-state index contributed by atoms with van der Waals surface area (Å²) in [6, 6.07) is 23.0. The molecule has 1 spiro atoms. The first kappa shape index (κ1) is 22.4. The van der Waals surface area contributed by atoms with Crippen molar-refractivity contribution in [3.05, 3.63) is 94.5 Å². The summed E-state index contributed by atoms with van der Waals surface area (Å²) in [5.41, 5.74) is 6.61. The van der Waals surface area contributed by atoms with Crippen molar-refractivity contribution in [3.63, 3.8) is 0 Å². The predicted octanol–water partition coefficient (Wildman–Crippen LogP) is 6.07. The van der Waals surface area contributed by atoms with E-state index in [-0.39, 0.29) is 23.0 Å². The van der Waals surface area contributed by atoms with Crippen LogP contribution in [0.5, 0.6) is 0 Å². The number of rotatable bonds is 2. The second kappa shape index (κ2) is 7.23. The average Bonchev–Trinajstić information content (AvgIpc) is 3.28. The Morgan fingerprint density at radius 1 is 0.800 bits per heavy atom. The highest BCUT2D eigenvalue weighted by atomic mass is 32.2. The van der Waals surface area contributed by atoms with Crippen LogP contribution in [0, 0.1) is 13.8 Å². The highest BCUT2D eigenvalue weighted by Crippen LogP contribution is 2.62. The molecule has 4 nitrogen and oxygen atoms in total. The van der Waals surface area contributed by atoms with Crippen molar-refractivity contribution >= 4 is 35.0 Å². The lowest BCUT2D eigenvalue weighted by Gasteiger charge is -2.50. The van der Waals surface area contributed by atoms with Gasteiger partial charge in [0.25, 0.3) is 5.91 Å². The molecule has 35 heavy (non-hydrogen) atoms. The fraction of sp³-hybridized carbons (Fsp3) is 0.333. The van der Waals surface area contributed by atoms with Crippen molar-refractivity contribution < 1.29 is 9.59 Å². The van der Waals surface area contributed by atoms with Gasteiger partial charge in [0.1, 0.15) is 0 Å². The molecule has 178 valence electrons. The van der Waals surface area contributed by atoms with Crippen molar-refractivity contribution in [3.8, 4) is 0 Å². The van der Waals surface area contributed by atoms with Gasteiger partial charge in [-0.15, -0.1) is 11.8 Å². The molecule has 0 bridgehead atoms. The zero-order valence-corrected chi connectivity index (χ0v) is 21.7. The topological polar surface area (TPSA) is 40.6 Å². The first-order valence-electron chi connectivity index (χ1n) is 12.2. The van der Waals surface area contributed by atoms with E-state index in [2.05, 4.69) is 69.3 Å². The molecular weight excluding hydrogens is 452 g/mol. The molecule has 0 saturated carbocycles. The summed E-state index contributed by atoms with van der Waals surface area (Å²) in [5.74, 6) is 0.261. The molecule has 0 radical (unpaired) electrons. The molecule has 3 heterocycles. The molecule has 3 aromatic carbocycles. The van der Waals surface area contributed by atoms with Gasteiger partial charge in [0.05, 0.1) is 11.4 Å². The van der Waals surface area contributed by atoms with Crippen LogP contribution in [-0.2, 0) is 19.9 Å². The Morgan fingerprint density at radius 2 is 1.46 bits per heavy atom. The lowest BCUT2D eigenvalue weighted by atomic mass is 9.65. The monoisotopic (exact) mass is 482 g/mol. The smallest absolute Gasteiger partial charge is 0.269 e. The fourth-order valence-electron chi connectivity index (χ4n) is 6.78. The van der Waals surface area contributed by atoms with Gasteiger partial charge in [0, 0.05) is 22.2 Å². The van der Waals surface area contributed by atoms with Gasteiger partial charge in [-0.3, -0.25) is 14.5 Å². The summed E-state index contributed by atoms with van der Waals surface area (Å²) in [6.45, 7) is 10.7. The van der Waals surface area contributed by atoms with Crippen LogP contribution in [0.1, 0.15) is 55.0 Å². The number of hydrogen-bond donors (Lipinski definition) is 0. The van der Waals surface area contributed by atoms with Gasteiger partial charge in [-0.2, -0.15) is 0 Å². The van der Waals surface area contributed by atoms with Crippen LogP contribution >= 0.6 is 11.8 Å². The molecule has 6 rings (SSSR count). The standard InChI is InChI=1S/C30H30N2O2S/c1-19-14-20(2)16-22(15-19)31-25(33)17-35-30(31)24-13-9-12-23-26(24)32(27(30)34)28(3,4)18-29(23,5)21-10-7-6-8-11-21/h6-16H,17-18H2,1-5H3/t29-,30+/m1/s1. The fourth-order valence-corrected chi connectivity index (χ4v) is 8.12. The van der Waals surface area contributed by atoms with Crippen LogP contribution in [0.4, 0.5) is 11.4 Å². The van der Waals surface area contributed by atoms with Crippen LogP contribution in [0.15, 0.2) is 66.7 Å². The van der Waals surface area contributed by atoms with Crippen molar-refractivity contribution in [1.82, 2.24) is 0 Å². The van der Waals surface area contributed by atoms with E-state index in [1.807, 2.05) is 36.9 Å². The molecule has 1 saturated heterocycles. The summed E-state index contributed by atoms with van der Waals surface area (Å²) >= 11 is 1.46. The van der Waals surface area contributed by atoms with Crippen LogP contribution < -0.4 is 9.80 Å². The van der Waals surface area contributed by atoms with Crippen LogP contribution in [0.25, 0.3) is 0 Å². The van der Waals surface area contributed by atoms with E-state index >= 15 is 0 Å². The first-order chi connectivity index (χ1) is 16.6. The number of thioether (sulfide) groups is 1. The predicted molar refractivity (Wildman–Crippen MR) is 143 cm³/mol. The van der Waals surface area contributed by atoms with E-state index in [1.165, 1.54) is 17.3 Å². The number of nitrogens with zero attached hydrogens (tertiary/aromatic N) is 2. The second-order valence-corrected chi connectivity index (χ2v) is 12.2. The molecular formula is C30H30N2O2S. The van der Waals surface area contributed by atoms with E-state index in [1.54, 1.807) is 4.90 Å². The van der Waals surface area contributed by atoms with E-state index < -0.39 is 10.4 Å². The van der Waals surface area contributed by atoms with Crippen LogP contribution in [-0.4, -0.2) is 23.1 Å². The Morgan fingerprint density at radius 3 is 2.14 bits per heavy atom. The van der Waals surface area contributed by atoms with Crippen molar-refractivity contribution in [2.24, 2.45) is 0 Å². The number of anilines is 2. The number of carbonyl (C=O) groups is 2. The molecule has 0 unspecified atom stereocenters. The highest BCUT2D eigenvalue weighted by Gasteiger charge is 2.65. The number of para-hydroxylation sites is 1. The molecule has 3 aliphatic rings. The minimum Gasteiger partial charge on any atom is -0.303 e. The Kier molecular flexibility index (Phi) is 4.63. The lowest BCUT2D eigenvalue weighted by molar-refractivity contribution is -0.124. The Balaban J connectivity index is 1.64. The molecule has 0 aliphatic carbocycles. The summed E-state index contributed by atoms with van der Waals surface area (Å²) in [6.07, 6.45) is 0.796. The minimum atomic E-state index is -1.08. The SMILES string of the molecule is Cc1cc(C)cc(N2C(=O)CS[C@@]23C(=O)N2c4c(cccc43)[C@@](C)(c3ccccc3)CC2(C)C)c1. The maximum Gasteiger partial charge on any atom is 0.269 e. The van der Waals surface area contributed by atoms with Gasteiger partial charge >= 0.3 is 0 Å². The largest absolute Gasteiger partial charge is 0.303 e. The molecule has 0 aromatic heterocycles. The average molecular weight is 483 g/mol. The summed E-state index contributed by atoms with van der Waals surface area (Å²) in [5, 5.41) is 0. The number of amides is 2. The first-order valence-corrected chi connectivity index (χ1v) is 13.2. The number of fused-ring (bicyclic) bond motifs is 1. The summed E-state index contributed by atoms with van der Waals surface area (Å²) in [4.78, 5) is 30.7. The van der Waals surface area contributed by atoms with E-state index in [0.29, 0.717) is 0 Å². The van der Waals surface area contributed by atoms with Gasteiger partial charge in [-0.05, 0) is 68.5 Å². The van der Waals surface area contributed by atoms with E-state index in [4.69, 9.17) is 0 Å². The minimum absolute atomic E-state index is 0.00456. The highest BCUT2D eigenvalue weighted by molar-refractivity contribution is 8.02. The maximum absolute atomic E-state index is 14.6. The molecule has 5 heteroatoms. The summed E-state index contributed by atoms with van der Waals surface area (Å²) in [7, 11) is 0. The Bertz CT molecular complexity index is 1380. The zero-order valence-electron chi connectivity index (χ0n) is 20.9. The van der Waals surface area contributed by atoms with Crippen LogP contribution in [0.2, 0.25) is 0 Å². The summed E-state index contributed by atoms with van der Waals surface area (Å²) < 4.78 is 0. The second-order valence-electron chi connectivity index (χ2n) is 11.0. The van der Waals surface area contributed by atoms with Gasteiger partial charge < -0.3 is 4.90 Å². The molecule has 3 aromatic rings. The van der Waals surface area contributed by atoms with E-state index in [0.717, 1.165) is 40.0 Å². The van der Waals surface area contributed by atoms with Crippen LogP contribution in [0.3, 0.4) is 0 Å². The van der Waals surface area contributed by atoms with E-state index in [9.17, 15) is 9.59 Å². The zero-order chi connectivity index (χ0) is 24.8. The van der Waals surface area contributed by atoms with Crippen molar-refractivity contribution in [1.29, 1.82) is 0 Å².